The summed E-state index contributed by atoms with van der Waals surface area (Å²) in [5, 5.41) is 3.52. The molecule has 1 unspecified atom stereocenters. The Morgan fingerprint density at radius 2 is 1.91 bits per heavy atom. The van der Waals surface area contributed by atoms with Gasteiger partial charge in [0.1, 0.15) is 5.60 Å². The van der Waals surface area contributed by atoms with Crippen LogP contribution in [0.4, 0.5) is 4.79 Å². The van der Waals surface area contributed by atoms with E-state index in [4.69, 9.17) is 4.74 Å². The molecule has 1 aliphatic rings. The van der Waals surface area contributed by atoms with E-state index >= 15 is 0 Å². The van der Waals surface area contributed by atoms with E-state index in [0.29, 0.717) is 12.6 Å². The van der Waals surface area contributed by atoms with E-state index in [1.54, 1.807) is 0 Å². The van der Waals surface area contributed by atoms with Crippen LogP contribution in [0.5, 0.6) is 0 Å². The Bertz CT molecular complexity index is 371. The largest absolute Gasteiger partial charge is 0.444 e. The Kier molecular flexibility index (Phi) is 7.33. The Morgan fingerprint density at radius 1 is 1.26 bits per heavy atom. The van der Waals surface area contributed by atoms with Crippen LogP contribution in [0.3, 0.4) is 0 Å². The zero-order valence-corrected chi connectivity index (χ0v) is 16.2. The number of nitrogens with one attached hydrogen (secondary N) is 1. The lowest BCUT2D eigenvalue weighted by molar-refractivity contribution is 0.00658. The fraction of sp³-hybridized carbons (Fsp3) is 0.944. The molecule has 136 valence electrons. The molecule has 0 bridgehead atoms. The van der Waals surface area contributed by atoms with E-state index in [0.717, 1.165) is 19.6 Å². The normalized spacial score (nSPS) is 19.9. The first-order valence-electron chi connectivity index (χ1n) is 9.00. The molecule has 0 aliphatic carbocycles. The lowest BCUT2D eigenvalue weighted by Gasteiger charge is -2.37. The third kappa shape index (κ3) is 7.08. The molecule has 0 aromatic rings. The summed E-state index contributed by atoms with van der Waals surface area (Å²) in [5.74, 6) is 0. The molecule has 1 rings (SSSR count). The predicted molar refractivity (Wildman–Crippen MR) is 95.8 cm³/mol. The molecular formula is C18H37N3O2. The lowest BCUT2D eigenvalue weighted by atomic mass is 10.1. The molecule has 0 aromatic carbocycles. The maximum absolute atomic E-state index is 12.4. The quantitative estimate of drug-likeness (QED) is 0.762. The number of likely N-dealkylation sites (tertiary alicyclic amines) is 1. The average molecular weight is 328 g/mol. The summed E-state index contributed by atoms with van der Waals surface area (Å²) in [4.78, 5) is 16.8. The second-order valence-corrected chi connectivity index (χ2v) is 8.43. The Morgan fingerprint density at radius 3 is 2.43 bits per heavy atom. The number of ether oxygens (including phenoxy) is 1. The standard InChI is InChI=1S/C18H37N3O2/c1-8-20-12-9-10-15(20)14-19-11-13-21(17(2,3)4)16(22)23-18(5,6)7/h15,19H,8-14H2,1-7H3. The summed E-state index contributed by atoms with van der Waals surface area (Å²) >= 11 is 0. The van der Waals surface area contributed by atoms with Crippen molar-refractivity contribution < 1.29 is 9.53 Å². The van der Waals surface area contributed by atoms with Crippen LogP contribution in [0.2, 0.25) is 0 Å². The van der Waals surface area contributed by atoms with Crippen molar-refractivity contribution in [2.45, 2.75) is 78.5 Å². The molecule has 0 saturated carbocycles. The molecule has 1 N–H and O–H groups in total. The van der Waals surface area contributed by atoms with Gasteiger partial charge in [-0.25, -0.2) is 4.79 Å². The molecular weight excluding hydrogens is 290 g/mol. The van der Waals surface area contributed by atoms with Crippen LogP contribution >= 0.6 is 0 Å². The van der Waals surface area contributed by atoms with Gasteiger partial charge in [-0.3, -0.25) is 4.90 Å². The highest BCUT2D eigenvalue weighted by Crippen LogP contribution is 2.18. The molecule has 5 nitrogen and oxygen atoms in total. The summed E-state index contributed by atoms with van der Waals surface area (Å²) < 4.78 is 5.54. The van der Waals surface area contributed by atoms with Crippen molar-refractivity contribution >= 4 is 6.09 Å². The number of likely N-dealkylation sites (N-methyl/N-ethyl adjacent to an activating group) is 1. The van der Waals surface area contributed by atoms with Crippen LogP contribution in [0.15, 0.2) is 0 Å². The minimum absolute atomic E-state index is 0.233. The molecule has 1 atom stereocenters. The van der Waals surface area contributed by atoms with Gasteiger partial charge in [-0.05, 0) is 67.5 Å². The van der Waals surface area contributed by atoms with Crippen molar-refractivity contribution in [2.24, 2.45) is 0 Å². The second-order valence-electron chi connectivity index (χ2n) is 8.43. The third-order valence-electron chi connectivity index (χ3n) is 4.22. The maximum Gasteiger partial charge on any atom is 0.410 e. The van der Waals surface area contributed by atoms with Crippen molar-refractivity contribution in [3.05, 3.63) is 0 Å². The van der Waals surface area contributed by atoms with Crippen LogP contribution in [-0.4, -0.2) is 65.8 Å². The van der Waals surface area contributed by atoms with E-state index in [9.17, 15) is 4.79 Å². The molecule has 1 heterocycles. The lowest BCUT2D eigenvalue weighted by Crippen LogP contribution is -2.51. The summed E-state index contributed by atoms with van der Waals surface area (Å²) in [6.45, 7) is 18.9. The fourth-order valence-electron chi connectivity index (χ4n) is 3.02. The number of carbonyl (C=O) groups is 1. The van der Waals surface area contributed by atoms with Gasteiger partial charge in [0.25, 0.3) is 0 Å². The summed E-state index contributed by atoms with van der Waals surface area (Å²) in [6, 6.07) is 0.643. The maximum atomic E-state index is 12.4. The molecule has 1 fully saturated rings. The minimum Gasteiger partial charge on any atom is -0.444 e. The molecule has 1 aliphatic heterocycles. The number of nitrogens with zero attached hydrogens (tertiary/aromatic N) is 2. The number of amides is 1. The van der Waals surface area contributed by atoms with Crippen molar-refractivity contribution in [3.63, 3.8) is 0 Å². The van der Waals surface area contributed by atoms with Crippen LogP contribution in [0.25, 0.3) is 0 Å². The summed E-state index contributed by atoms with van der Waals surface area (Å²) in [6.07, 6.45) is 2.34. The van der Waals surface area contributed by atoms with Gasteiger partial charge in [0, 0.05) is 31.2 Å². The molecule has 1 saturated heterocycles. The van der Waals surface area contributed by atoms with Gasteiger partial charge in [0.15, 0.2) is 0 Å². The van der Waals surface area contributed by atoms with Gasteiger partial charge >= 0.3 is 6.09 Å². The van der Waals surface area contributed by atoms with Gasteiger partial charge in [-0.2, -0.15) is 0 Å². The van der Waals surface area contributed by atoms with E-state index < -0.39 is 5.60 Å². The highest BCUT2D eigenvalue weighted by atomic mass is 16.6. The molecule has 1 amide bonds. The van der Waals surface area contributed by atoms with Gasteiger partial charge in [-0.15, -0.1) is 0 Å². The summed E-state index contributed by atoms with van der Waals surface area (Å²) in [7, 11) is 0. The molecule has 0 aromatic heterocycles. The summed E-state index contributed by atoms with van der Waals surface area (Å²) in [5.41, 5.74) is -0.702. The molecule has 0 radical (unpaired) electrons. The SMILES string of the molecule is CCN1CCCC1CNCCN(C(=O)OC(C)(C)C)C(C)(C)C. The van der Waals surface area contributed by atoms with Crippen LogP contribution in [-0.2, 0) is 4.74 Å². The Hall–Kier alpha value is -0.810. The van der Waals surface area contributed by atoms with Crippen LogP contribution in [0.1, 0.15) is 61.3 Å². The highest BCUT2D eigenvalue weighted by molar-refractivity contribution is 5.69. The minimum atomic E-state index is -0.459. The third-order valence-corrected chi connectivity index (χ3v) is 4.22. The van der Waals surface area contributed by atoms with E-state index in [2.05, 4.69) is 17.1 Å². The first-order valence-corrected chi connectivity index (χ1v) is 9.00. The van der Waals surface area contributed by atoms with Crippen LogP contribution < -0.4 is 5.32 Å². The van der Waals surface area contributed by atoms with Gasteiger partial charge in [0.2, 0.25) is 0 Å². The molecule has 23 heavy (non-hydrogen) atoms. The second kappa shape index (κ2) is 8.34. The fourth-order valence-corrected chi connectivity index (χ4v) is 3.02. The van der Waals surface area contributed by atoms with E-state index in [-0.39, 0.29) is 11.6 Å². The van der Waals surface area contributed by atoms with Crippen molar-refractivity contribution in [2.75, 3.05) is 32.7 Å². The average Bonchev–Trinajstić information content (AvgIpc) is 2.82. The number of hydrogen-bond donors (Lipinski definition) is 1. The van der Waals surface area contributed by atoms with Crippen molar-refractivity contribution in [1.82, 2.24) is 15.1 Å². The first-order chi connectivity index (χ1) is 10.5. The van der Waals surface area contributed by atoms with Crippen molar-refractivity contribution in [1.29, 1.82) is 0 Å². The van der Waals surface area contributed by atoms with Gasteiger partial charge in [-0.1, -0.05) is 6.92 Å². The van der Waals surface area contributed by atoms with E-state index in [1.165, 1.54) is 19.4 Å². The predicted octanol–water partition coefficient (Wildman–Crippen LogP) is 3.10. The zero-order valence-electron chi connectivity index (χ0n) is 16.2. The van der Waals surface area contributed by atoms with Gasteiger partial charge in [0.05, 0.1) is 0 Å². The highest BCUT2D eigenvalue weighted by Gasteiger charge is 2.30. The number of rotatable bonds is 6. The first kappa shape index (κ1) is 20.2. The monoisotopic (exact) mass is 327 g/mol. The zero-order chi connectivity index (χ0) is 17.7. The smallest absolute Gasteiger partial charge is 0.410 e. The number of carbonyl (C=O) groups excluding carboxylic acids is 1. The van der Waals surface area contributed by atoms with Crippen LogP contribution in [0, 0.1) is 0 Å². The topological polar surface area (TPSA) is 44.8 Å². The Labute approximate surface area is 142 Å². The Balaban J connectivity index is 2.44. The van der Waals surface area contributed by atoms with Crippen molar-refractivity contribution in [3.8, 4) is 0 Å². The van der Waals surface area contributed by atoms with E-state index in [1.807, 2.05) is 46.4 Å². The molecule has 0 spiro atoms. The molecule has 5 heteroatoms. The van der Waals surface area contributed by atoms with Gasteiger partial charge < -0.3 is 15.0 Å². The number of hydrogen-bond acceptors (Lipinski definition) is 4.